The monoisotopic (exact) mass is 413 g/mol. The van der Waals surface area contributed by atoms with Gasteiger partial charge in [0.15, 0.2) is 0 Å². The van der Waals surface area contributed by atoms with Crippen molar-refractivity contribution >= 4 is 28.3 Å². The Hall–Kier alpha value is -2.36. The van der Waals surface area contributed by atoms with Gasteiger partial charge in [-0.05, 0) is 31.9 Å². The Bertz CT molecular complexity index is 995. The average molecular weight is 414 g/mol. The first kappa shape index (κ1) is 18.7. The molecule has 2 aliphatic rings. The van der Waals surface area contributed by atoms with E-state index in [4.69, 9.17) is 4.74 Å². The van der Waals surface area contributed by atoms with Crippen molar-refractivity contribution in [2.75, 3.05) is 19.7 Å². The third kappa shape index (κ3) is 3.23. The van der Waals surface area contributed by atoms with Gasteiger partial charge in [-0.25, -0.2) is 4.98 Å². The highest BCUT2D eigenvalue weighted by atomic mass is 32.1. The Morgan fingerprint density at radius 2 is 1.93 bits per heavy atom. The highest BCUT2D eigenvalue weighted by Crippen LogP contribution is 2.45. The SMILES string of the molecule is CC(C(=O)N1CCC2(CC1)CC(O)(c1nccs1)CO2)n1nc2ccccc2n1. The Morgan fingerprint density at radius 1 is 1.24 bits per heavy atom. The summed E-state index contributed by atoms with van der Waals surface area (Å²) < 4.78 is 6.08. The van der Waals surface area contributed by atoms with Crippen LogP contribution in [0, 0.1) is 0 Å². The molecule has 2 fully saturated rings. The molecule has 1 aromatic carbocycles. The van der Waals surface area contributed by atoms with E-state index in [2.05, 4.69) is 15.2 Å². The van der Waals surface area contributed by atoms with Crippen molar-refractivity contribution in [1.29, 1.82) is 0 Å². The van der Waals surface area contributed by atoms with Crippen LogP contribution in [0.2, 0.25) is 0 Å². The largest absolute Gasteiger partial charge is 0.380 e. The zero-order valence-electron chi connectivity index (χ0n) is 16.2. The zero-order valence-corrected chi connectivity index (χ0v) is 17.0. The number of thiazole rings is 1. The first-order valence-electron chi connectivity index (χ1n) is 9.85. The third-order valence-electron chi connectivity index (χ3n) is 6.05. The lowest BCUT2D eigenvalue weighted by Crippen LogP contribution is -2.48. The molecule has 5 rings (SSSR count). The normalized spacial score (nSPS) is 25.0. The summed E-state index contributed by atoms with van der Waals surface area (Å²) in [7, 11) is 0. The number of rotatable bonds is 3. The fraction of sp³-hybridized carbons (Fsp3) is 0.500. The molecule has 0 aliphatic carbocycles. The number of likely N-dealkylation sites (tertiary alicyclic amines) is 1. The Kier molecular flexibility index (Phi) is 4.41. The number of amides is 1. The van der Waals surface area contributed by atoms with Crippen LogP contribution < -0.4 is 0 Å². The maximum Gasteiger partial charge on any atom is 0.249 e. The molecule has 9 heteroatoms. The molecular formula is C20H23N5O3S. The van der Waals surface area contributed by atoms with E-state index in [0.29, 0.717) is 37.4 Å². The van der Waals surface area contributed by atoms with Crippen molar-refractivity contribution in [3.8, 4) is 0 Å². The van der Waals surface area contributed by atoms with Crippen molar-refractivity contribution < 1.29 is 14.6 Å². The van der Waals surface area contributed by atoms with E-state index < -0.39 is 11.6 Å². The summed E-state index contributed by atoms with van der Waals surface area (Å²) in [6.45, 7) is 3.28. The second-order valence-electron chi connectivity index (χ2n) is 8.03. The van der Waals surface area contributed by atoms with E-state index in [1.807, 2.05) is 41.5 Å². The standard InChI is InChI=1S/C20H23N5O3S/c1-14(25-22-15-4-2-3-5-16(15)23-25)17(26)24-9-6-19(7-10-24)12-20(27,13-28-19)18-21-8-11-29-18/h2-5,8,11,14,27H,6-7,9-10,12-13H2,1H3. The summed E-state index contributed by atoms with van der Waals surface area (Å²) in [5, 5.41) is 22.4. The van der Waals surface area contributed by atoms with E-state index in [-0.39, 0.29) is 18.1 Å². The summed E-state index contributed by atoms with van der Waals surface area (Å²) in [4.78, 5) is 20.7. The number of hydrogen-bond acceptors (Lipinski definition) is 7. The number of nitrogens with zero attached hydrogens (tertiary/aromatic N) is 5. The van der Waals surface area contributed by atoms with Crippen molar-refractivity contribution in [2.24, 2.45) is 0 Å². The van der Waals surface area contributed by atoms with Gasteiger partial charge in [-0.15, -0.1) is 11.3 Å². The number of hydrogen-bond donors (Lipinski definition) is 1. The number of benzene rings is 1. The van der Waals surface area contributed by atoms with E-state index in [9.17, 15) is 9.90 Å². The lowest BCUT2D eigenvalue weighted by Gasteiger charge is -2.39. The maximum absolute atomic E-state index is 13.0. The Balaban J connectivity index is 1.25. The van der Waals surface area contributed by atoms with Gasteiger partial charge in [-0.2, -0.15) is 15.0 Å². The molecule has 4 heterocycles. The van der Waals surface area contributed by atoms with E-state index in [0.717, 1.165) is 11.0 Å². The van der Waals surface area contributed by atoms with E-state index >= 15 is 0 Å². The number of carbonyl (C=O) groups is 1. The van der Waals surface area contributed by atoms with Gasteiger partial charge in [0.2, 0.25) is 5.91 Å². The van der Waals surface area contributed by atoms with Crippen molar-refractivity contribution in [1.82, 2.24) is 24.9 Å². The molecule has 1 amide bonds. The van der Waals surface area contributed by atoms with Crippen LogP contribution in [0.15, 0.2) is 35.8 Å². The molecule has 2 unspecified atom stereocenters. The lowest BCUT2D eigenvalue weighted by molar-refractivity contribution is -0.139. The van der Waals surface area contributed by atoms with Gasteiger partial charge in [-0.3, -0.25) is 4.79 Å². The van der Waals surface area contributed by atoms with Gasteiger partial charge in [0.05, 0.1) is 12.2 Å². The van der Waals surface area contributed by atoms with Crippen LogP contribution >= 0.6 is 11.3 Å². The van der Waals surface area contributed by atoms with Crippen LogP contribution in [0.4, 0.5) is 0 Å². The number of ether oxygens (including phenoxy) is 1. The van der Waals surface area contributed by atoms with Crippen LogP contribution in [0.25, 0.3) is 11.0 Å². The van der Waals surface area contributed by atoms with Gasteiger partial charge < -0.3 is 14.7 Å². The van der Waals surface area contributed by atoms with Gasteiger partial charge in [0.25, 0.3) is 0 Å². The fourth-order valence-electron chi connectivity index (χ4n) is 4.37. The fourth-order valence-corrected chi connectivity index (χ4v) is 5.09. The lowest BCUT2D eigenvalue weighted by atomic mass is 9.83. The highest BCUT2D eigenvalue weighted by molar-refractivity contribution is 7.09. The minimum atomic E-state index is -1.02. The van der Waals surface area contributed by atoms with Crippen LogP contribution in [-0.4, -0.2) is 61.2 Å². The summed E-state index contributed by atoms with van der Waals surface area (Å²) in [5.41, 5.74) is 0.155. The highest BCUT2D eigenvalue weighted by Gasteiger charge is 2.52. The molecule has 1 N–H and O–H groups in total. The molecule has 2 saturated heterocycles. The molecule has 2 aliphatic heterocycles. The van der Waals surface area contributed by atoms with Crippen molar-refractivity contribution in [2.45, 2.75) is 43.4 Å². The molecule has 29 heavy (non-hydrogen) atoms. The van der Waals surface area contributed by atoms with Crippen LogP contribution in [0.3, 0.4) is 0 Å². The number of carbonyl (C=O) groups excluding carboxylic acids is 1. The minimum Gasteiger partial charge on any atom is -0.380 e. The number of piperidine rings is 1. The predicted molar refractivity (Wildman–Crippen MR) is 107 cm³/mol. The zero-order chi connectivity index (χ0) is 20.1. The van der Waals surface area contributed by atoms with Gasteiger partial charge >= 0.3 is 0 Å². The first-order chi connectivity index (χ1) is 14.0. The second kappa shape index (κ2) is 6.86. The minimum absolute atomic E-state index is 0.00772. The predicted octanol–water partition coefficient (Wildman–Crippen LogP) is 2.12. The molecule has 152 valence electrons. The Labute approximate surface area is 172 Å². The third-order valence-corrected chi connectivity index (χ3v) is 7.02. The molecule has 3 aromatic rings. The van der Waals surface area contributed by atoms with Crippen molar-refractivity contribution in [3.63, 3.8) is 0 Å². The molecular weight excluding hydrogens is 390 g/mol. The maximum atomic E-state index is 13.0. The molecule has 8 nitrogen and oxygen atoms in total. The summed E-state index contributed by atoms with van der Waals surface area (Å²) in [5.74, 6) is 0.00772. The Morgan fingerprint density at radius 3 is 2.55 bits per heavy atom. The summed E-state index contributed by atoms with van der Waals surface area (Å²) >= 11 is 1.45. The van der Waals surface area contributed by atoms with E-state index in [1.165, 1.54) is 16.1 Å². The summed E-state index contributed by atoms with van der Waals surface area (Å²) in [6.07, 6.45) is 3.64. The molecule has 1 spiro atoms. The molecule has 2 aromatic heterocycles. The molecule has 0 radical (unpaired) electrons. The van der Waals surface area contributed by atoms with Gasteiger partial charge in [0.1, 0.15) is 27.7 Å². The smallest absolute Gasteiger partial charge is 0.249 e. The quantitative estimate of drug-likeness (QED) is 0.707. The van der Waals surface area contributed by atoms with Crippen molar-refractivity contribution in [3.05, 3.63) is 40.8 Å². The van der Waals surface area contributed by atoms with Gasteiger partial charge in [-0.1, -0.05) is 12.1 Å². The number of aliphatic hydroxyl groups is 1. The topological polar surface area (TPSA) is 93.4 Å². The van der Waals surface area contributed by atoms with Crippen LogP contribution in [0.1, 0.15) is 37.2 Å². The van der Waals surface area contributed by atoms with E-state index in [1.54, 1.807) is 6.20 Å². The molecule has 0 bridgehead atoms. The number of fused-ring (bicyclic) bond motifs is 1. The van der Waals surface area contributed by atoms with Gasteiger partial charge in [0, 0.05) is 31.1 Å². The molecule has 2 atom stereocenters. The molecule has 0 saturated carbocycles. The summed E-state index contributed by atoms with van der Waals surface area (Å²) in [6, 6.07) is 7.13. The average Bonchev–Trinajstić information content (AvgIpc) is 3.47. The van der Waals surface area contributed by atoms with Crippen LogP contribution in [0.5, 0.6) is 0 Å². The second-order valence-corrected chi connectivity index (χ2v) is 8.92. The first-order valence-corrected chi connectivity index (χ1v) is 10.7. The van der Waals surface area contributed by atoms with Crippen LogP contribution in [-0.2, 0) is 15.1 Å². The number of aromatic nitrogens is 4.